The Bertz CT molecular complexity index is 453. The largest absolute Gasteiger partial charge is 0.384 e. The first-order chi connectivity index (χ1) is 11.3. The van der Waals surface area contributed by atoms with E-state index in [2.05, 4.69) is 10.6 Å². The second-order valence-corrected chi connectivity index (χ2v) is 8.94. The second kappa shape index (κ2) is 8.06. The van der Waals surface area contributed by atoms with E-state index in [1.54, 1.807) is 23.8 Å². The molecule has 24 heavy (non-hydrogen) atoms. The van der Waals surface area contributed by atoms with Crippen LogP contribution in [0.4, 0.5) is 0 Å². The van der Waals surface area contributed by atoms with Gasteiger partial charge in [-0.15, -0.1) is 11.8 Å². The minimum Gasteiger partial charge on any atom is -0.384 e. The number of ether oxygens (including phenoxy) is 1. The van der Waals surface area contributed by atoms with Crippen LogP contribution in [0.3, 0.4) is 0 Å². The van der Waals surface area contributed by atoms with Crippen molar-refractivity contribution in [1.82, 2.24) is 15.5 Å². The van der Waals surface area contributed by atoms with Gasteiger partial charge in [0.1, 0.15) is 6.04 Å². The molecule has 0 saturated carbocycles. The van der Waals surface area contributed by atoms with Crippen LogP contribution in [-0.2, 0) is 14.3 Å². The lowest BCUT2D eigenvalue weighted by atomic mass is 9.79. The quantitative estimate of drug-likeness (QED) is 0.770. The van der Waals surface area contributed by atoms with E-state index < -0.39 is 5.41 Å². The van der Waals surface area contributed by atoms with Gasteiger partial charge in [-0.05, 0) is 25.9 Å². The van der Waals surface area contributed by atoms with Gasteiger partial charge in [0.15, 0.2) is 0 Å². The van der Waals surface area contributed by atoms with Gasteiger partial charge in [-0.2, -0.15) is 0 Å². The molecule has 2 amide bonds. The van der Waals surface area contributed by atoms with Crippen LogP contribution in [0.2, 0.25) is 0 Å². The van der Waals surface area contributed by atoms with Gasteiger partial charge in [-0.3, -0.25) is 9.59 Å². The molecule has 0 bridgehead atoms. The van der Waals surface area contributed by atoms with E-state index in [0.29, 0.717) is 24.8 Å². The van der Waals surface area contributed by atoms with E-state index in [-0.39, 0.29) is 23.3 Å². The van der Waals surface area contributed by atoms with Gasteiger partial charge >= 0.3 is 0 Å². The molecular formula is C17H31N3O3S. The summed E-state index contributed by atoms with van der Waals surface area (Å²) in [7, 11) is 1.71. The highest BCUT2D eigenvalue weighted by Gasteiger charge is 2.40. The Morgan fingerprint density at radius 3 is 2.58 bits per heavy atom. The summed E-state index contributed by atoms with van der Waals surface area (Å²) < 4.78 is 5.40. The van der Waals surface area contributed by atoms with E-state index in [4.69, 9.17) is 4.74 Å². The van der Waals surface area contributed by atoms with Gasteiger partial charge in [0.05, 0.1) is 12.5 Å². The minimum atomic E-state index is -0.463. The van der Waals surface area contributed by atoms with Crippen LogP contribution in [0.5, 0.6) is 0 Å². The zero-order valence-corrected chi connectivity index (χ0v) is 16.1. The van der Waals surface area contributed by atoms with Gasteiger partial charge in [-0.1, -0.05) is 20.8 Å². The fraction of sp³-hybridized carbons (Fsp3) is 0.882. The van der Waals surface area contributed by atoms with Crippen LogP contribution in [-0.4, -0.2) is 67.7 Å². The van der Waals surface area contributed by atoms with Gasteiger partial charge in [0.25, 0.3) is 0 Å². The van der Waals surface area contributed by atoms with Crippen LogP contribution < -0.4 is 10.6 Å². The van der Waals surface area contributed by atoms with Crippen molar-refractivity contribution in [2.45, 2.75) is 39.7 Å². The van der Waals surface area contributed by atoms with Crippen molar-refractivity contribution in [3.8, 4) is 0 Å². The molecule has 6 nitrogen and oxygen atoms in total. The number of hydrogen-bond acceptors (Lipinski definition) is 5. The second-order valence-electron chi connectivity index (χ2n) is 7.94. The zero-order chi connectivity index (χ0) is 17.8. The Balaban J connectivity index is 1.96. The average molecular weight is 358 g/mol. The standard InChI is InChI=1S/C17H31N3O3S/c1-16(2,3)15(22)20-12-24-9-13(20)14(21)19-10-17(11-23-4)5-7-18-8-6-17/h13,18H,5-12H2,1-4H3,(H,19,21). The van der Waals surface area contributed by atoms with Gasteiger partial charge < -0.3 is 20.3 Å². The first-order valence-corrected chi connectivity index (χ1v) is 9.81. The summed E-state index contributed by atoms with van der Waals surface area (Å²) in [5.41, 5.74) is -0.462. The van der Waals surface area contributed by atoms with E-state index in [1.807, 2.05) is 20.8 Å². The SMILES string of the molecule is COCC1(CNC(=O)C2CSCN2C(=O)C(C)(C)C)CCNCC1. The number of nitrogens with zero attached hydrogens (tertiary/aromatic N) is 1. The Labute approximate surface area is 149 Å². The summed E-state index contributed by atoms with van der Waals surface area (Å²) in [6.07, 6.45) is 1.98. The van der Waals surface area contributed by atoms with Crippen molar-refractivity contribution < 1.29 is 14.3 Å². The predicted molar refractivity (Wildman–Crippen MR) is 96.8 cm³/mol. The van der Waals surface area contributed by atoms with E-state index in [1.165, 1.54) is 0 Å². The molecule has 2 N–H and O–H groups in total. The van der Waals surface area contributed by atoms with Crippen molar-refractivity contribution in [3.63, 3.8) is 0 Å². The van der Waals surface area contributed by atoms with Crippen molar-refractivity contribution in [1.29, 1.82) is 0 Å². The maximum Gasteiger partial charge on any atom is 0.243 e. The van der Waals surface area contributed by atoms with Crippen LogP contribution >= 0.6 is 11.8 Å². The molecule has 1 unspecified atom stereocenters. The average Bonchev–Trinajstić information content (AvgIpc) is 3.01. The Kier molecular flexibility index (Phi) is 6.56. The number of thioether (sulfide) groups is 1. The first-order valence-electron chi connectivity index (χ1n) is 8.65. The molecule has 2 rings (SSSR count). The van der Waals surface area contributed by atoms with Crippen LogP contribution in [0.15, 0.2) is 0 Å². The zero-order valence-electron chi connectivity index (χ0n) is 15.3. The molecule has 0 aromatic rings. The number of rotatable bonds is 5. The Morgan fingerprint density at radius 2 is 2.00 bits per heavy atom. The molecule has 2 heterocycles. The number of methoxy groups -OCH3 is 1. The fourth-order valence-electron chi connectivity index (χ4n) is 3.32. The van der Waals surface area contributed by atoms with E-state index >= 15 is 0 Å². The highest BCUT2D eigenvalue weighted by molar-refractivity contribution is 7.99. The number of hydrogen-bond donors (Lipinski definition) is 2. The molecule has 1 atom stereocenters. The normalized spacial score (nSPS) is 24.0. The van der Waals surface area contributed by atoms with Crippen molar-refractivity contribution in [3.05, 3.63) is 0 Å². The molecule has 0 spiro atoms. The fourth-order valence-corrected chi connectivity index (χ4v) is 4.47. The molecule has 2 aliphatic rings. The van der Waals surface area contributed by atoms with Crippen molar-refractivity contribution in [2.75, 3.05) is 45.0 Å². The van der Waals surface area contributed by atoms with Gasteiger partial charge in [0.2, 0.25) is 11.8 Å². The smallest absolute Gasteiger partial charge is 0.243 e. The highest BCUT2D eigenvalue weighted by atomic mass is 32.2. The predicted octanol–water partition coefficient (Wildman–Crippen LogP) is 1.07. The summed E-state index contributed by atoms with van der Waals surface area (Å²) in [4.78, 5) is 27.0. The summed E-state index contributed by atoms with van der Waals surface area (Å²) in [5.74, 6) is 1.28. The molecule has 2 aliphatic heterocycles. The molecule has 0 aromatic carbocycles. The lowest BCUT2D eigenvalue weighted by Crippen LogP contribution is -2.53. The molecule has 2 fully saturated rings. The Hall–Kier alpha value is -0.790. The summed E-state index contributed by atoms with van der Waals surface area (Å²) in [6, 6.07) is -0.358. The van der Waals surface area contributed by atoms with Crippen molar-refractivity contribution in [2.24, 2.45) is 10.8 Å². The lowest BCUT2D eigenvalue weighted by Gasteiger charge is -2.38. The van der Waals surface area contributed by atoms with E-state index in [9.17, 15) is 9.59 Å². The number of amides is 2. The molecule has 0 radical (unpaired) electrons. The van der Waals surface area contributed by atoms with Gasteiger partial charge in [0, 0.05) is 30.2 Å². The Morgan fingerprint density at radius 1 is 1.33 bits per heavy atom. The van der Waals surface area contributed by atoms with Crippen LogP contribution in [0.1, 0.15) is 33.6 Å². The molecule has 0 aliphatic carbocycles. The lowest BCUT2D eigenvalue weighted by molar-refractivity contribution is -0.144. The summed E-state index contributed by atoms with van der Waals surface area (Å²) in [5, 5.41) is 6.46. The molecule has 0 aromatic heterocycles. The molecule has 7 heteroatoms. The number of carbonyl (C=O) groups excluding carboxylic acids is 2. The topological polar surface area (TPSA) is 70.7 Å². The molecule has 138 valence electrons. The number of carbonyl (C=O) groups is 2. The van der Waals surface area contributed by atoms with Crippen molar-refractivity contribution >= 4 is 23.6 Å². The third kappa shape index (κ3) is 4.64. The molecular weight excluding hydrogens is 326 g/mol. The first kappa shape index (κ1) is 19.5. The van der Waals surface area contributed by atoms with Crippen LogP contribution in [0, 0.1) is 10.8 Å². The number of piperidine rings is 1. The minimum absolute atomic E-state index is 0.000271. The molecule has 2 saturated heterocycles. The maximum absolute atomic E-state index is 12.7. The monoisotopic (exact) mass is 357 g/mol. The highest BCUT2D eigenvalue weighted by Crippen LogP contribution is 2.30. The van der Waals surface area contributed by atoms with E-state index in [0.717, 1.165) is 25.9 Å². The van der Waals surface area contributed by atoms with Gasteiger partial charge in [-0.25, -0.2) is 0 Å². The summed E-state index contributed by atoms with van der Waals surface area (Å²) in [6.45, 7) is 8.86. The summed E-state index contributed by atoms with van der Waals surface area (Å²) >= 11 is 1.64. The van der Waals surface area contributed by atoms with Crippen LogP contribution in [0.25, 0.3) is 0 Å². The third-order valence-corrected chi connectivity index (χ3v) is 5.85. The number of nitrogens with one attached hydrogen (secondary N) is 2. The maximum atomic E-state index is 12.7. The third-order valence-electron chi connectivity index (χ3n) is 4.84.